The Morgan fingerprint density at radius 1 is 0.800 bits per heavy atom. The Balaban J connectivity index is 1.83. The smallest absolute Gasteiger partial charge is 0.394 e. The van der Waals surface area contributed by atoms with E-state index in [0.717, 1.165) is 12.1 Å². The van der Waals surface area contributed by atoms with E-state index >= 15 is 0 Å². The van der Waals surface area contributed by atoms with Crippen LogP contribution in [0.4, 0.5) is 26.3 Å². The lowest BCUT2D eigenvalue weighted by molar-refractivity contribution is -0.143. The van der Waals surface area contributed by atoms with Crippen molar-refractivity contribution >= 4 is 0 Å². The Bertz CT molecular complexity index is 860. The summed E-state index contributed by atoms with van der Waals surface area (Å²) < 4.78 is 92.6. The lowest BCUT2D eigenvalue weighted by Gasteiger charge is -2.34. The van der Waals surface area contributed by atoms with E-state index in [4.69, 9.17) is 9.47 Å². The number of nitrogens with zero attached hydrogens (tertiary/aromatic N) is 1. The molecule has 2 fully saturated rings. The summed E-state index contributed by atoms with van der Waals surface area (Å²) in [5.41, 5.74) is -3.68. The van der Waals surface area contributed by atoms with Gasteiger partial charge < -0.3 is 14.6 Å². The molecule has 162 valence electrons. The van der Waals surface area contributed by atoms with E-state index in [-0.39, 0.29) is 24.3 Å². The molecule has 2 aromatic rings. The number of benzene rings is 2. The minimum atomic E-state index is -4.69. The van der Waals surface area contributed by atoms with E-state index in [9.17, 15) is 31.4 Å². The summed E-state index contributed by atoms with van der Waals surface area (Å²) in [5.74, 6) is 0. The molecule has 2 heterocycles. The molecule has 4 rings (SSSR count). The molecule has 10 heteroatoms. The van der Waals surface area contributed by atoms with Crippen molar-refractivity contribution in [3.05, 3.63) is 70.8 Å². The van der Waals surface area contributed by atoms with Crippen molar-refractivity contribution in [1.29, 1.82) is 0 Å². The minimum Gasteiger partial charge on any atom is -0.394 e. The lowest BCUT2D eigenvalue weighted by atomic mass is 9.98. The quantitative estimate of drug-likeness (QED) is 0.724. The number of aliphatic hydroxyl groups is 1. The summed E-state index contributed by atoms with van der Waals surface area (Å²) in [6, 6.07) is 9.42. The van der Waals surface area contributed by atoms with Gasteiger partial charge in [-0.3, -0.25) is 0 Å². The van der Waals surface area contributed by atoms with Crippen LogP contribution in [0, 0.1) is 0 Å². The van der Waals surface area contributed by atoms with E-state index in [2.05, 4.69) is 0 Å². The first-order chi connectivity index (χ1) is 14.1. The average Bonchev–Trinajstić information content (AvgIpc) is 3.24. The van der Waals surface area contributed by atoms with Crippen LogP contribution < -0.4 is 0 Å². The highest BCUT2D eigenvalue weighted by atomic mass is 19.4. The highest BCUT2D eigenvalue weighted by Crippen LogP contribution is 2.52. The van der Waals surface area contributed by atoms with Gasteiger partial charge in [0.25, 0.3) is 0 Å². The molecule has 2 aliphatic heterocycles. The Hall–Kier alpha value is -2.14. The molecular formula is C20H17F6NO3. The van der Waals surface area contributed by atoms with Crippen molar-refractivity contribution in [3.8, 4) is 0 Å². The van der Waals surface area contributed by atoms with E-state index < -0.39 is 48.1 Å². The minimum absolute atomic E-state index is 0.189. The Kier molecular flexibility index (Phi) is 5.08. The number of hydrogen-bond acceptors (Lipinski definition) is 4. The topological polar surface area (TPSA) is 41.9 Å². The third-order valence-electron chi connectivity index (χ3n) is 5.43. The van der Waals surface area contributed by atoms with Crippen molar-refractivity contribution in [2.45, 2.75) is 30.3 Å². The number of rotatable bonds is 3. The third kappa shape index (κ3) is 3.37. The lowest BCUT2D eigenvalue weighted by Crippen LogP contribution is -2.48. The summed E-state index contributed by atoms with van der Waals surface area (Å²) in [6.07, 6.45) is -12.1. The number of ether oxygens (including phenoxy) is 2. The second-order valence-corrected chi connectivity index (χ2v) is 7.29. The van der Waals surface area contributed by atoms with Gasteiger partial charge in [0, 0.05) is 11.1 Å². The molecule has 4 nitrogen and oxygen atoms in total. The highest BCUT2D eigenvalue weighted by molar-refractivity contribution is 5.36. The number of aliphatic hydroxyl groups excluding tert-OH is 1. The maximum Gasteiger partial charge on any atom is 0.416 e. The van der Waals surface area contributed by atoms with Crippen LogP contribution >= 0.6 is 0 Å². The highest BCUT2D eigenvalue weighted by Gasteiger charge is 2.58. The van der Waals surface area contributed by atoms with Crippen LogP contribution in [0.25, 0.3) is 0 Å². The zero-order valence-corrected chi connectivity index (χ0v) is 15.4. The van der Waals surface area contributed by atoms with Gasteiger partial charge in [0.15, 0.2) is 0 Å². The molecular weight excluding hydrogens is 416 g/mol. The summed E-state index contributed by atoms with van der Waals surface area (Å²) in [7, 11) is 0. The third-order valence-corrected chi connectivity index (χ3v) is 5.43. The maximum atomic E-state index is 13.6. The van der Waals surface area contributed by atoms with Gasteiger partial charge in [-0.15, -0.1) is 0 Å². The van der Waals surface area contributed by atoms with Gasteiger partial charge in [-0.25, -0.2) is 4.90 Å². The van der Waals surface area contributed by atoms with Crippen molar-refractivity contribution in [2.75, 3.05) is 19.8 Å². The molecule has 2 unspecified atom stereocenters. The molecule has 2 saturated heterocycles. The van der Waals surface area contributed by atoms with Crippen molar-refractivity contribution in [3.63, 3.8) is 0 Å². The molecule has 0 saturated carbocycles. The standard InChI is InChI=1S/C20H17F6NO3/c21-19(22,23)14-7-3-1-5-12(14)16-27-17(30-11-18(27,9-28)10-29-16)13-6-2-4-8-15(13)20(24,25)26/h1-8,16-17,28H,9-11H2. The first-order valence-corrected chi connectivity index (χ1v) is 9.03. The van der Waals surface area contributed by atoms with E-state index in [1.165, 1.54) is 41.3 Å². The average molecular weight is 433 g/mol. The molecule has 1 N–H and O–H groups in total. The van der Waals surface area contributed by atoms with Gasteiger partial charge in [0.1, 0.15) is 12.5 Å². The van der Waals surface area contributed by atoms with E-state index in [0.29, 0.717) is 0 Å². The van der Waals surface area contributed by atoms with Gasteiger partial charge in [-0.05, 0) is 12.1 Å². The van der Waals surface area contributed by atoms with Crippen LogP contribution in [-0.2, 0) is 21.8 Å². The summed E-state index contributed by atoms with van der Waals surface area (Å²) in [5, 5.41) is 9.97. The van der Waals surface area contributed by atoms with Crippen LogP contribution in [0.15, 0.2) is 48.5 Å². The predicted molar refractivity (Wildman–Crippen MR) is 91.9 cm³/mol. The zero-order valence-electron chi connectivity index (χ0n) is 15.4. The molecule has 2 atom stereocenters. The molecule has 0 aliphatic carbocycles. The number of halogens is 6. The molecule has 2 aliphatic rings. The fourth-order valence-corrected chi connectivity index (χ4v) is 4.03. The van der Waals surface area contributed by atoms with Crippen molar-refractivity contribution in [1.82, 2.24) is 4.90 Å². The first kappa shape index (κ1) is 21.1. The summed E-state index contributed by atoms with van der Waals surface area (Å²) in [4.78, 5) is 1.28. The van der Waals surface area contributed by atoms with E-state index in [1.54, 1.807) is 0 Å². The van der Waals surface area contributed by atoms with Crippen molar-refractivity contribution < 1.29 is 40.9 Å². The fourth-order valence-electron chi connectivity index (χ4n) is 4.03. The monoisotopic (exact) mass is 433 g/mol. The molecule has 0 aromatic heterocycles. The van der Waals surface area contributed by atoms with Crippen LogP contribution in [-0.4, -0.2) is 35.4 Å². The van der Waals surface area contributed by atoms with Crippen LogP contribution in [0.5, 0.6) is 0 Å². The van der Waals surface area contributed by atoms with E-state index in [1.807, 2.05) is 0 Å². The number of alkyl halides is 6. The molecule has 0 amide bonds. The van der Waals surface area contributed by atoms with Crippen LogP contribution in [0.3, 0.4) is 0 Å². The van der Waals surface area contributed by atoms with Gasteiger partial charge >= 0.3 is 12.4 Å². The summed E-state index contributed by atoms with van der Waals surface area (Å²) in [6.45, 7) is -0.932. The van der Waals surface area contributed by atoms with Crippen molar-refractivity contribution in [2.24, 2.45) is 0 Å². The Morgan fingerprint density at radius 3 is 1.57 bits per heavy atom. The maximum absolute atomic E-state index is 13.6. The zero-order chi connectivity index (χ0) is 21.7. The fraction of sp³-hybridized carbons (Fsp3) is 0.400. The van der Waals surface area contributed by atoms with Gasteiger partial charge in [-0.1, -0.05) is 36.4 Å². The van der Waals surface area contributed by atoms with Crippen LogP contribution in [0.2, 0.25) is 0 Å². The predicted octanol–water partition coefficient (Wildman–Crippen LogP) is 4.52. The Morgan fingerprint density at radius 2 is 1.20 bits per heavy atom. The molecule has 2 aromatic carbocycles. The SMILES string of the molecule is OCC12COC(c3ccccc3C(F)(F)F)N1C(c1ccccc1C(F)(F)F)OC2. The van der Waals surface area contributed by atoms with Crippen LogP contribution in [0.1, 0.15) is 34.7 Å². The second kappa shape index (κ2) is 7.23. The normalized spacial score (nSPS) is 27.4. The van der Waals surface area contributed by atoms with Gasteiger partial charge in [-0.2, -0.15) is 26.3 Å². The molecule has 30 heavy (non-hydrogen) atoms. The largest absolute Gasteiger partial charge is 0.416 e. The number of fused-ring (bicyclic) bond motifs is 1. The summed E-state index contributed by atoms with van der Waals surface area (Å²) >= 11 is 0. The number of hydrogen-bond donors (Lipinski definition) is 1. The second-order valence-electron chi connectivity index (χ2n) is 7.29. The molecule has 0 radical (unpaired) electrons. The first-order valence-electron chi connectivity index (χ1n) is 9.03. The van der Waals surface area contributed by atoms with Gasteiger partial charge in [0.2, 0.25) is 0 Å². The molecule has 0 bridgehead atoms. The van der Waals surface area contributed by atoms with Gasteiger partial charge in [0.05, 0.1) is 36.5 Å². The molecule has 0 spiro atoms. The Labute approximate surface area is 167 Å².